The zero-order valence-corrected chi connectivity index (χ0v) is 9.83. The summed E-state index contributed by atoms with van der Waals surface area (Å²) in [7, 11) is 0. The van der Waals surface area contributed by atoms with E-state index in [1.165, 1.54) is 0 Å². The predicted octanol–water partition coefficient (Wildman–Crippen LogP) is 0.806. The molecule has 1 rings (SSSR count). The minimum absolute atomic E-state index is 0.209. The number of ether oxygens (including phenoxy) is 3. The average Bonchev–Trinajstić information content (AvgIpc) is 2.23. The van der Waals surface area contributed by atoms with E-state index in [1.807, 2.05) is 6.92 Å². The maximum absolute atomic E-state index is 5.70. The van der Waals surface area contributed by atoms with Crippen molar-refractivity contribution in [2.24, 2.45) is 0 Å². The molecule has 1 fully saturated rings. The van der Waals surface area contributed by atoms with Gasteiger partial charge < -0.3 is 19.5 Å². The van der Waals surface area contributed by atoms with Crippen LogP contribution >= 0.6 is 0 Å². The van der Waals surface area contributed by atoms with Crippen molar-refractivity contribution >= 4 is 0 Å². The quantitative estimate of drug-likeness (QED) is 0.641. The highest BCUT2D eigenvalue weighted by Crippen LogP contribution is 2.03. The third kappa shape index (κ3) is 6.10. The first kappa shape index (κ1) is 12.9. The molecule has 0 spiro atoms. The Morgan fingerprint density at radius 1 is 1.27 bits per heavy atom. The third-order valence-electron chi connectivity index (χ3n) is 2.31. The van der Waals surface area contributed by atoms with Crippen molar-refractivity contribution in [2.75, 3.05) is 39.5 Å². The van der Waals surface area contributed by atoms with Crippen LogP contribution in [0.1, 0.15) is 20.3 Å². The SMILES string of the molecule is CCOCCCOCC1CNCC(C)O1. The van der Waals surface area contributed by atoms with Gasteiger partial charge >= 0.3 is 0 Å². The van der Waals surface area contributed by atoms with Gasteiger partial charge in [-0.15, -0.1) is 0 Å². The van der Waals surface area contributed by atoms with E-state index in [4.69, 9.17) is 14.2 Å². The average molecular weight is 217 g/mol. The van der Waals surface area contributed by atoms with Gasteiger partial charge in [0.2, 0.25) is 0 Å². The molecule has 4 nitrogen and oxygen atoms in total. The first-order chi connectivity index (χ1) is 7.33. The minimum Gasteiger partial charge on any atom is -0.382 e. The topological polar surface area (TPSA) is 39.7 Å². The maximum atomic E-state index is 5.70. The fraction of sp³-hybridized carbons (Fsp3) is 1.00. The summed E-state index contributed by atoms with van der Waals surface area (Å²) in [5, 5.41) is 3.32. The van der Waals surface area contributed by atoms with E-state index in [-0.39, 0.29) is 6.10 Å². The number of hydrogen-bond donors (Lipinski definition) is 1. The van der Waals surface area contributed by atoms with Crippen molar-refractivity contribution in [1.29, 1.82) is 0 Å². The van der Waals surface area contributed by atoms with E-state index in [1.54, 1.807) is 0 Å². The second-order valence-electron chi connectivity index (χ2n) is 3.85. The van der Waals surface area contributed by atoms with Gasteiger partial charge in [-0.2, -0.15) is 0 Å². The van der Waals surface area contributed by atoms with Crippen LogP contribution in [-0.2, 0) is 14.2 Å². The summed E-state index contributed by atoms with van der Waals surface area (Å²) in [4.78, 5) is 0. The minimum atomic E-state index is 0.209. The standard InChI is InChI=1S/C11H23NO3/c1-3-13-5-4-6-14-9-11-8-12-7-10(2)15-11/h10-12H,3-9H2,1-2H3. The Morgan fingerprint density at radius 2 is 2.07 bits per heavy atom. The number of rotatable bonds is 7. The van der Waals surface area contributed by atoms with Crippen LogP contribution in [0.15, 0.2) is 0 Å². The highest BCUT2D eigenvalue weighted by Gasteiger charge is 2.18. The molecule has 1 aliphatic heterocycles. The molecule has 0 aromatic heterocycles. The second-order valence-corrected chi connectivity index (χ2v) is 3.85. The van der Waals surface area contributed by atoms with Crippen molar-refractivity contribution in [1.82, 2.24) is 5.32 Å². The van der Waals surface area contributed by atoms with Crippen LogP contribution in [0.2, 0.25) is 0 Å². The van der Waals surface area contributed by atoms with E-state index in [0.29, 0.717) is 12.7 Å². The molecule has 1 heterocycles. The molecule has 90 valence electrons. The summed E-state index contributed by atoms with van der Waals surface area (Å²) in [5.41, 5.74) is 0. The van der Waals surface area contributed by atoms with Crippen molar-refractivity contribution in [3.8, 4) is 0 Å². The Kier molecular flexibility index (Phi) is 6.92. The van der Waals surface area contributed by atoms with Crippen LogP contribution < -0.4 is 5.32 Å². The van der Waals surface area contributed by atoms with Crippen LogP contribution in [0.25, 0.3) is 0 Å². The predicted molar refractivity (Wildman–Crippen MR) is 59.1 cm³/mol. The summed E-state index contributed by atoms with van der Waals surface area (Å²) in [6.07, 6.45) is 1.47. The zero-order valence-electron chi connectivity index (χ0n) is 9.83. The van der Waals surface area contributed by atoms with E-state index >= 15 is 0 Å². The molecule has 0 aromatic carbocycles. The summed E-state index contributed by atoms with van der Waals surface area (Å²) in [5.74, 6) is 0. The summed E-state index contributed by atoms with van der Waals surface area (Å²) >= 11 is 0. The molecular weight excluding hydrogens is 194 g/mol. The van der Waals surface area contributed by atoms with Gasteiger partial charge in [-0.1, -0.05) is 0 Å². The van der Waals surface area contributed by atoms with Crippen LogP contribution in [0.4, 0.5) is 0 Å². The highest BCUT2D eigenvalue weighted by molar-refractivity contribution is 4.71. The van der Waals surface area contributed by atoms with Gasteiger partial charge in [0.25, 0.3) is 0 Å². The molecule has 2 atom stereocenters. The summed E-state index contributed by atoms with van der Waals surface area (Å²) in [6.45, 7) is 8.94. The van der Waals surface area contributed by atoms with Gasteiger partial charge in [0.15, 0.2) is 0 Å². The van der Waals surface area contributed by atoms with Crippen LogP contribution in [0.3, 0.4) is 0 Å². The fourth-order valence-corrected chi connectivity index (χ4v) is 1.59. The molecule has 1 aliphatic rings. The van der Waals surface area contributed by atoms with Crippen LogP contribution in [0, 0.1) is 0 Å². The first-order valence-corrected chi connectivity index (χ1v) is 5.84. The van der Waals surface area contributed by atoms with E-state index in [0.717, 1.165) is 39.3 Å². The van der Waals surface area contributed by atoms with Gasteiger partial charge in [-0.05, 0) is 20.3 Å². The lowest BCUT2D eigenvalue weighted by Crippen LogP contribution is -2.45. The van der Waals surface area contributed by atoms with E-state index in [2.05, 4.69) is 12.2 Å². The Hall–Kier alpha value is -0.160. The van der Waals surface area contributed by atoms with Gasteiger partial charge in [0.05, 0.1) is 18.8 Å². The smallest absolute Gasteiger partial charge is 0.0936 e. The Morgan fingerprint density at radius 3 is 2.80 bits per heavy atom. The van der Waals surface area contributed by atoms with Crippen molar-refractivity contribution in [3.05, 3.63) is 0 Å². The third-order valence-corrected chi connectivity index (χ3v) is 2.31. The largest absolute Gasteiger partial charge is 0.382 e. The first-order valence-electron chi connectivity index (χ1n) is 5.84. The van der Waals surface area contributed by atoms with Crippen molar-refractivity contribution in [2.45, 2.75) is 32.5 Å². The van der Waals surface area contributed by atoms with Crippen LogP contribution in [-0.4, -0.2) is 51.7 Å². The van der Waals surface area contributed by atoms with Crippen LogP contribution in [0.5, 0.6) is 0 Å². The Bertz CT molecular complexity index is 155. The highest BCUT2D eigenvalue weighted by atomic mass is 16.5. The van der Waals surface area contributed by atoms with Gasteiger partial charge in [-0.3, -0.25) is 0 Å². The lowest BCUT2D eigenvalue weighted by molar-refractivity contribution is -0.0701. The number of hydrogen-bond acceptors (Lipinski definition) is 4. The molecule has 15 heavy (non-hydrogen) atoms. The lowest BCUT2D eigenvalue weighted by Gasteiger charge is -2.28. The molecule has 0 aliphatic carbocycles. The van der Waals surface area contributed by atoms with E-state index in [9.17, 15) is 0 Å². The molecule has 0 aromatic rings. The normalized spacial score (nSPS) is 26.8. The molecule has 0 radical (unpaired) electrons. The molecule has 2 unspecified atom stereocenters. The number of morpholine rings is 1. The molecule has 0 bridgehead atoms. The maximum Gasteiger partial charge on any atom is 0.0936 e. The summed E-state index contributed by atoms with van der Waals surface area (Å²) in [6, 6.07) is 0. The Balaban J connectivity index is 1.90. The monoisotopic (exact) mass is 217 g/mol. The number of nitrogens with one attached hydrogen (secondary N) is 1. The van der Waals surface area contributed by atoms with Gasteiger partial charge in [-0.25, -0.2) is 0 Å². The van der Waals surface area contributed by atoms with Crippen molar-refractivity contribution < 1.29 is 14.2 Å². The lowest BCUT2D eigenvalue weighted by atomic mass is 10.2. The molecular formula is C11H23NO3. The van der Waals surface area contributed by atoms with E-state index < -0.39 is 0 Å². The fourth-order valence-electron chi connectivity index (χ4n) is 1.59. The molecule has 4 heteroatoms. The van der Waals surface area contributed by atoms with Gasteiger partial charge in [0, 0.05) is 32.9 Å². The Labute approximate surface area is 92.3 Å². The van der Waals surface area contributed by atoms with Crippen molar-refractivity contribution in [3.63, 3.8) is 0 Å². The molecule has 0 saturated carbocycles. The zero-order chi connectivity index (χ0) is 10.9. The molecule has 1 N–H and O–H groups in total. The second kappa shape index (κ2) is 8.05. The molecule has 0 amide bonds. The van der Waals surface area contributed by atoms with Gasteiger partial charge in [0.1, 0.15) is 0 Å². The summed E-state index contributed by atoms with van der Waals surface area (Å²) < 4.78 is 16.4. The molecule has 1 saturated heterocycles.